The molecule has 1 aromatic heterocycles. The molecule has 3 N–H and O–H groups in total. The number of thioether (sulfide) groups is 1. The number of carbonyl (C=O) groups is 2. The molecule has 1 heterocycles. The van der Waals surface area contributed by atoms with Crippen LogP contribution in [0.2, 0.25) is 0 Å². The van der Waals surface area contributed by atoms with E-state index in [4.69, 9.17) is 14.2 Å². The van der Waals surface area contributed by atoms with Crippen molar-refractivity contribution < 1.29 is 23.8 Å². The molecule has 1 fully saturated rings. The van der Waals surface area contributed by atoms with Crippen molar-refractivity contribution in [1.29, 1.82) is 5.26 Å². The molecule has 0 radical (unpaired) electrons. The van der Waals surface area contributed by atoms with E-state index in [0.29, 0.717) is 86.9 Å². The summed E-state index contributed by atoms with van der Waals surface area (Å²) in [7, 11) is 0. The van der Waals surface area contributed by atoms with E-state index in [1.165, 1.54) is 24.6 Å². The number of nitrogens with one attached hydrogen (secondary N) is 3. The first kappa shape index (κ1) is 41.4. The third-order valence-corrected chi connectivity index (χ3v) is 10.3. The van der Waals surface area contributed by atoms with Crippen molar-refractivity contribution in [3.63, 3.8) is 0 Å². The summed E-state index contributed by atoms with van der Waals surface area (Å²) in [6.45, 7) is 4.17. The molecule has 0 spiro atoms. The summed E-state index contributed by atoms with van der Waals surface area (Å²) in [5, 5.41) is 16.1. The normalized spacial score (nSPS) is 13.1. The molecule has 2 amide bonds. The first-order valence-electron chi connectivity index (χ1n) is 19.2. The van der Waals surface area contributed by atoms with Gasteiger partial charge in [-0.1, -0.05) is 104 Å². The Hall–Kier alpha value is -4.80. The van der Waals surface area contributed by atoms with Crippen LogP contribution in [0.5, 0.6) is 0 Å². The standard InChI is InChI=1S/C43H51N5O6S/c44-30-38-39(35-20-18-34(19-21-35)33-10-6-3-7-11-33)47-43(48-42(38)51)55-31-32-14-16-37(17-15-32)41(50)46-23-9-25-53-27-29-54-28-26-52-24-8-22-45-40(49)36-12-4-1-2-5-13-36/h3,6-7,10-11,14-21,36H,1-2,4-5,8-9,12-13,22-29,31H2,(H,45,49)(H,46,50)(H,47,48,51). The molecule has 0 atom stereocenters. The van der Waals surface area contributed by atoms with E-state index in [9.17, 15) is 19.6 Å². The predicted molar refractivity (Wildman–Crippen MR) is 215 cm³/mol. The topological polar surface area (TPSA) is 155 Å². The average molecular weight is 766 g/mol. The van der Waals surface area contributed by atoms with Crippen molar-refractivity contribution in [3.8, 4) is 28.5 Å². The highest BCUT2D eigenvalue weighted by atomic mass is 32.2. The minimum Gasteiger partial charge on any atom is -0.379 e. The molecule has 12 heteroatoms. The fourth-order valence-electron chi connectivity index (χ4n) is 6.28. The SMILES string of the molecule is N#Cc1c(-c2ccc(-c3ccccc3)cc2)nc(SCc2ccc(C(=O)NCCCOCCOCCOCCCNC(=O)C3CCCCCC3)cc2)[nH]c1=O. The average Bonchev–Trinajstić information content (AvgIpc) is 3.52. The lowest BCUT2D eigenvalue weighted by Crippen LogP contribution is -2.31. The summed E-state index contributed by atoms with van der Waals surface area (Å²) < 4.78 is 16.8. The monoisotopic (exact) mass is 765 g/mol. The number of hydrogen-bond acceptors (Lipinski definition) is 9. The largest absolute Gasteiger partial charge is 0.379 e. The number of ether oxygens (including phenoxy) is 3. The van der Waals surface area contributed by atoms with Crippen LogP contribution in [0, 0.1) is 17.2 Å². The summed E-state index contributed by atoms with van der Waals surface area (Å²) >= 11 is 1.35. The minimum atomic E-state index is -0.482. The van der Waals surface area contributed by atoms with Gasteiger partial charge < -0.3 is 29.8 Å². The number of H-pyrrole nitrogens is 1. The van der Waals surface area contributed by atoms with Gasteiger partial charge in [-0.3, -0.25) is 14.4 Å². The number of rotatable bonds is 21. The van der Waals surface area contributed by atoms with Gasteiger partial charge in [0.05, 0.1) is 32.1 Å². The van der Waals surface area contributed by atoms with E-state index < -0.39 is 5.56 Å². The number of nitrogens with zero attached hydrogens (tertiary/aromatic N) is 2. The van der Waals surface area contributed by atoms with Crippen molar-refractivity contribution >= 4 is 23.6 Å². The molecule has 3 aromatic carbocycles. The lowest BCUT2D eigenvalue weighted by Gasteiger charge is -2.14. The van der Waals surface area contributed by atoms with Crippen molar-refractivity contribution in [2.24, 2.45) is 5.92 Å². The molecule has 11 nitrogen and oxygen atoms in total. The van der Waals surface area contributed by atoms with Crippen LogP contribution in [0.1, 0.15) is 72.9 Å². The maximum absolute atomic E-state index is 12.8. The molecular formula is C43H51N5O6S. The first-order chi connectivity index (χ1) is 27.0. The fraction of sp³-hybridized carbons (Fsp3) is 0.419. The smallest absolute Gasteiger partial charge is 0.270 e. The summed E-state index contributed by atoms with van der Waals surface area (Å²) in [5.41, 5.74) is 4.13. The molecule has 0 aliphatic heterocycles. The van der Waals surface area contributed by atoms with Crippen molar-refractivity contribution in [2.75, 3.05) is 52.7 Å². The number of hydrogen-bond donors (Lipinski definition) is 3. The Kier molecular flexibility index (Phi) is 17.4. The summed E-state index contributed by atoms with van der Waals surface area (Å²) in [6, 6.07) is 26.9. The zero-order chi connectivity index (χ0) is 38.5. The van der Waals surface area contributed by atoms with Crippen molar-refractivity contribution in [3.05, 3.63) is 106 Å². The van der Waals surface area contributed by atoms with Gasteiger partial charge in [-0.15, -0.1) is 0 Å². The molecule has 290 valence electrons. The molecular weight excluding hydrogens is 715 g/mol. The van der Waals surface area contributed by atoms with Crippen LogP contribution in [-0.2, 0) is 24.8 Å². The second kappa shape index (κ2) is 23.2. The van der Waals surface area contributed by atoms with Crippen LogP contribution in [0.25, 0.3) is 22.4 Å². The highest BCUT2D eigenvalue weighted by Gasteiger charge is 2.19. The van der Waals surface area contributed by atoms with Crippen LogP contribution in [0.3, 0.4) is 0 Å². The maximum atomic E-state index is 12.8. The van der Waals surface area contributed by atoms with E-state index in [2.05, 4.69) is 20.6 Å². The summed E-state index contributed by atoms with van der Waals surface area (Å²) in [4.78, 5) is 45.1. The van der Waals surface area contributed by atoms with Gasteiger partial charge in [0.25, 0.3) is 11.5 Å². The lowest BCUT2D eigenvalue weighted by molar-refractivity contribution is -0.125. The molecule has 1 aliphatic rings. The zero-order valence-corrected chi connectivity index (χ0v) is 32.2. The predicted octanol–water partition coefficient (Wildman–Crippen LogP) is 6.91. The van der Waals surface area contributed by atoms with Gasteiger partial charge in [0.15, 0.2) is 5.16 Å². The molecule has 0 bridgehead atoms. The van der Waals surface area contributed by atoms with Crippen LogP contribution in [0.15, 0.2) is 88.8 Å². The van der Waals surface area contributed by atoms with Gasteiger partial charge in [-0.05, 0) is 54.5 Å². The number of nitriles is 1. The van der Waals surface area contributed by atoms with E-state index in [-0.39, 0.29) is 23.3 Å². The summed E-state index contributed by atoms with van der Waals surface area (Å²) in [6.07, 6.45) is 8.31. The first-order valence-corrected chi connectivity index (χ1v) is 20.2. The molecule has 0 unspecified atom stereocenters. The highest BCUT2D eigenvalue weighted by molar-refractivity contribution is 7.98. The number of amides is 2. The fourth-order valence-corrected chi connectivity index (χ4v) is 7.10. The quantitative estimate of drug-likeness (QED) is 0.0355. The second-order valence-corrected chi connectivity index (χ2v) is 14.4. The Morgan fingerprint density at radius 3 is 1.96 bits per heavy atom. The Morgan fingerprint density at radius 1 is 0.745 bits per heavy atom. The minimum absolute atomic E-state index is 0.0275. The number of benzene rings is 3. The van der Waals surface area contributed by atoms with Crippen LogP contribution >= 0.6 is 11.8 Å². The molecule has 4 aromatic rings. The van der Waals surface area contributed by atoms with Gasteiger partial charge in [0, 0.05) is 49.1 Å². The second-order valence-electron chi connectivity index (χ2n) is 13.4. The Bertz CT molecular complexity index is 1870. The highest BCUT2D eigenvalue weighted by Crippen LogP contribution is 2.27. The van der Waals surface area contributed by atoms with Crippen LogP contribution < -0.4 is 16.2 Å². The van der Waals surface area contributed by atoms with Crippen molar-refractivity contribution in [1.82, 2.24) is 20.6 Å². The van der Waals surface area contributed by atoms with Crippen LogP contribution in [-0.4, -0.2) is 74.5 Å². The van der Waals surface area contributed by atoms with Gasteiger partial charge in [-0.2, -0.15) is 5.26 Å². The van der Waals surface area contributed by atoms with Gasteiger partial charge in [0.2, 0.25) is 5.91 Å². The van der Waals surface area contributed by atoms with E-state index in [0.717, 1.165) is 48.8 Å². The molecule has 55 heavy (non-hydrogen) atoms. The van der Waals surface area contributed by atoms with Crippen molar-refractivity contribution in [2.45, 2.75) is 62.3 Å². The van der Waals surface area contributed by atoms with Gasteiger partial charge >= 0.3 is 0 Å². The number of carbonyl (C=O) groups excluding carboxylic acids is 2. The number of aromatic amines is 1. The summed E-state index contributed by atoms with van der Waals surface area (Å²) in [5.74, 6) is 0.731. The maximum Gasteiger partial charge on any atom is 0.270 e. The molecule has 1 saturated carbocycles. The van der Waals surface area contributed by atoms with E-state index in [1.54, 1.807) is 12.1 Å². The third-order valence-electron chi connectivity index (χ3n) is 9.35. The lowest BCUT2D eigenvalue weighted by atomic mass is 9.99. The molecule has 5 rings (SSSR count). The van der Waals surface area contributed by atoms with Gasteiger partial charge in [-0.25, -0.2) is 4.98 Å². The Balaban J connectivity index is 0.912. The zero-order valence-electron chi connectivity index (χ0n) is 31.4. The Labute approximate surface area is 327 Å². The third kappa shape index (κ3) is 13.8. The van der Waals surface area contributed by atoms with Crippen LogP contribution in [0.4, 0.5) is 0 Å². The number of aromatic nitrogens is 2. The van der Waals surface area contributed by atoms with Gasteiger partial charge in [0.1, 0.15) is 11.6 Å². The molecule has 1 aliphatic carbocycles. The molecule has 0 saturated heterocycles. The van der Waals surface area contributed by atoms with E-state index >= 15 is 0 Å². The Morgan fingerprint density at radius 2 is 1.33 bits per heavy atom. The van der Waals surface area contributed by atoms with E-state index in [1.807, 2.05) is 72.8 Å².